The Hall–Kier alpha value is -2.12. The summed E-state index contributed by atoms with van der Waals surface area (Å²) in [4.78, 5) is 12.9. The highest BCUT2D eigenvalue weighted by Crippen LogP contribution is 2.26. The van der Waals surface area contributed by atoms with Crippen LogP contribution in [-0.4, -0.2) is 5.78 Å². The zero-order chi connectivity index (χ0) is 15.0. The molecule has 0 bridgehead atoms. The van der Waals surface area contributed by atoms with E-state index in [-0.39, 0.29) is 5.78 Å². The van der Waals surface area contributed by atoms with Crippen molar-refractivity contribution in [2.24, 2.45) is 0 Å². The fraction of sp³-hybridized carbons (Fsp3) is 0.105. The smallest absolute Gasteiger partial charge is 0.193 e. The first kappa shape index (κ1) is 13.8. The van der Waals surface area contributed by atoms with Crippen LogP contribution in [0.4, 0.5) is 0 Å². The predicted molar refractivity (Wildman–Crippen MR) is 88.3 cm³/mol. The third-order valence-electron chi connectivity index (χ3n) is 3.78. The summed E-state index contributed by atoms with van der Waals surface area (Å²) in [5.74, 6) is 0.0454. The van der Waals surface area contributed by atoms with E-state index in [1.165, 1.54) is 0 Å². The second-order valence-electron chi connectivity index (χ2n) is 5.27. The van der Waals surface area contributed by atoms with E-state index >= 15 is 0 Å². The summed E-state index contributed by atoms with van der Waals surface area (Å²) in [6.07, 6.45) is 0. The number of halogens is 1. The lowest BCUT2D eigenvalue weighted by Crippen LogP contribution is -2.05. The van der Waals surface area contributed by atoms with Gasteiger partial charge in [-0.15, -0.1) is 0 Å². The van der Waals surface area contributed by atoms with Gasteiger partial charge in [-0.25, -0.2) is 0 Å². The van der Waals surface area contributed by atoms with E-state index in [1.54, 1.807) is 12.1 Å². The lowest BCUT2D eigenvalue weighted by atomic mass is 9.93. The average Bonchev–Trinajstić information content (AvgIpc) is 2.49. The highest BCUT2D eigenvalue weighted by Gasteiger charge is 2.15. The van der Waals surface area contributed by atoms with Gasteiger partial charge < -0.3 is 0 Å². The fourth-order valence-corrected chi connectivity index (χ4v) is 2.73. The summed E-state index contributed by atoms with van der Waals surface area (Å²) >= 11 is 6.05. The van der Waals surface area contributed by atoms with Gasteiger partial charge >= 0.3 is 0 Å². The van der Waals surface area contributed by atoms with Crippen molar-refractivity contribution >= 4 is 28.2 Å². The van der Waals surface area contributed by atoms with Crippen molar-refractivity contribution in [3.05, 3.63) is 81.9 Å². The molecule has 0 heterocycles. The maximum atomic E-state index is 12.9. The van der Waals surface area contributed by atoms with Crippen molar-refractivity contribution in [2.75, 3.05) is 0 Å². The second kappa shape index (κ2) is 5.34. The van der Waals surface area contributed by atoms with Crippen LogP contribution >= 0.6 is 11.6 Å². The minimum Gasteiger partial charge on any atom is -0.289 e. The first-order chi connectivity index (χ1) is 10.1. The molecule has 0 N–H and O–H groups in total. The number of hydrogen-bond acceptors (Lipinski definition) is 1. The topological polar surface area (TPSA) is 17.1 Å². The molecule has 0 amide bonds. The molecule has 3 rings (SSSR count). The monoisotopic (exact) mass is 294 g/mol. The van der Waals surface area contributed by atoms with Crippen LogP contribution in [0.2, 0.25) is 5.02 Å². The molecule has 0 spiro atoms. The van der Waals surface area contributed by atoms with Gasteiger partial charge in [-0.05, 0) is 53.9 Å². The van der Waals surface area contributed by atoms with Crippen LogP contribution < -0.4 is 0 Å². The molecule has 0 atom stereocenters. The lowest BCUT2D eigenvalue weighted by Gasteiger charge is -2.10. The summed E-state index contributed by atoms with van der Waals surface area (Å²) in [6.45, 7) is 3.89. The van der Waals surface area contributed by atoms with Crippen molar-refractivity contribution in [1.82, 2.24) is 0 Å². The molecule has 0 fully saturated rings. The molecular formula is C19H15ClO. The Balaban J connectivity index is 2.21. The van der Waals surface area contributed by atoms with Gasteiger partial charge in [-0.3, -0.25) is 4.79 Å². The number of hydrogen-bond donors (Lipinski definition) is 0. The molecule has 0 aliphatic heterocycles. The fourth-order valence-electron chi connectivity index (χ4n) is 2.61. The minimum absolute atomic E-state index is 0.0454. The summed E-state index contributed by atoms with van der Waals surface area (Å²) in [5, 5.41) is 2.76. The maximum Gasteiger partial charge on any atom is 0.193 e. The van der Waals surface area contributed by atoms with Gasteiger partial charge in [0.05, 0.1) is 0 Å². The van der Waals surface area contributed by atoms with Crippen LogP contribution in [0.25, 0.3) is 10.8 Å². The van der Waals surface area contributed by atoms with Gasteiger partial charge in [0.25, 0.3) is 0 Å². The Bertz CT molecular complexity index is 849. The summed E-state index contributed by atoms with van der Waals surface area (Å²) in [6, 6.07) is 17.4. The Morgan fingerprint density at radius 3 is 2.43 bits per heavy atom. The van der Waals surface area contributed by atoms with Crippen LogP contribution in [0.15, 0.2) is 54.6 Å². The molecule has 0 radical (unpaired) electrons. The quantitative estimate of drug-likeness (QED) is 0.583. The number of fused-ring (bicyclic) bond motifs is 1. The molecule has 0 aliphatic carbocycles. The summed E-state index contributed by atoms with van der Waals surface area (Å²) in [7, 11) is 0. The molecule has 0 saturated carbocycles. The Morgan fingerprint density at radius 2 is 1.67 bits per heavy atom. The Kier molecular flexibility index (Phi) is 3.52. The predicted octanol–water partition coefficient (Wildman–Crippen LogP) is 5.34. The Morgan fingerprint density at radius 1 is 0.905 bits per heavy atom. The van der Waals surface area contributed by atoms with Crippen LogP contribution in [0, 0.1) is 13.8 Å². The van der Waals surface area contributed by atoms with E-state index < -0.39 is 0 Å². The third kappa shape index (κ3) is 2.45. The van der Waals surface area contributed by atoms with Gasteiger partial charge in [0.15, 0.2) is 5.78 Å². The van der Waals surface area contributed by atoms with E-state index in [4.69, 9.17) is 11.6 Å². The van der Waals surface area contributed by atoms with Gasteiger partial charge in [-0.2, -0.15) is 0 Å². The van der Waals surface area contributed by atoms with E-state index in [1.807, 2.05) is 50.2 Å². The third-order valence-corrected chi connectivity index (χ3v) is 4.21. The van der Waals surface area contributed by atoms with Gasteiger partial charge in [0, 0.05) is 16.1 Å². The van der Waals surface area contributed by atoms with Crippen molar-refractivity contribution in [2.45, 2.75) is 13.8 Å². The number of carbonyl (C=O) groups excluding carboxylic acids is 1. The number of ketones is 1. The number of rotatable bonds is 2. The maximum absolute atomic E-state index is 12.9. The summed E-state index contributed by atoms with van der Waals surface area (Å²) in [5.41, 5.74) is 3.36. The number of benzene rings is 3. The molecule has 0 unspecified atom stereocenters. The molecule has 3 aromatic carbocycles. The van der Waals surface area contributed by atoms with Crippen LogP contribution in [0.3, 0.4) is 0 Å². The highest BCUT2D eigenvalue weighted by molar-refractivity contribution is 6.31. The van der Waals surface area contributed by atoms with Crippen LogP contribution in [-0.2, 0) is 0 Å². The van der Waals surface area contributed by atoms with E-state index in [0.29, 0.717) is 10.6 Å². The second-order valence-corrected chi connectivity index (χ2v) is 5.68. The first-order valence-electron chi connectivity index (χ1n) is 6.87. The van der Waals surface area contributed by atoms with Gasteiger partial charge in [-0.1, -0.05) is 48.0 Å². The molecule has 21 heavy (non-hydrogen) atoms. The molecule has 2 heteroatoms. The van der Waals surface area contributed by atoms with Crippen molar-refractivity contribution < 1.29 is 4.79 Å². The van der Waals surface area contributed by atoms with Gasteiger partial charge in [0.2, 0.25) is 0 Å². The first-order valence-corrected chi connectivity index (χ1v) is 7.25. The van der Waals surface area contributed by atoms with Crippen molar-refractivity contribution in [3.8, 4) is 0 Å². The average molecular weight is 295 g/mol. The van der Waals surface area contributed by atoms with Crippen molar-refractivity contribution in [3.63, 3.8) is 0 Å². The van der Waals surface area contributed by atoms with E-state index in [2.05, 4.69) is 6.07 Å². The molecule has 3 aromatic rings. The van der Waals surface area contributed by atoms with Crippen molar-refractivity contribution in [1.29, 1.82) is 0 Å². The minimum atomic E-state index is 0.0454. The van der Waals surface area contributed by atoms with Gasteiger partial charge in [0.1, 0.15) is 0 Å². The number of carbonyl (C=O) groups is 1. The zero-order valence-corrected chi connectivity index (χ0v) is 12.7. The SMILES string of the molecule is Cc1cc(C(=O)c2c(C)ccc3ccccc23)ccc1Cl. The molecule has 1 nitrogen and oxygen atoms in total. The normalized spacial score (nSPS) is 10.8. The molecule has 0 aromatic heterocycles. The lowest BCUT2D eigenvalue weighted by molar-refractivity contribution is 0.103. The molecular weight excluding hydrogens is 280 g/mol. The zero-order valence-electron chi connectivity index (χ0n) is 12.0. The standard InChI is InChI=1S/C19H15ClO/c1-12-7-8-14-5-3-4-6-16(14)18(12)19(21)15-9-10-17(20)13(2)11-15/h3-11H,1-2H3. The molecule has 104 valence electrons. The van der Waals surface area contributed by atoms with Crippen LogP contribution in [0.1, 0.15) is 27.0 Å². The Labute approximate surface area is 129 Å². The van der Waals surface area contributed by atoms with E-state index in [9.17, 15) is 4.79 Å². The molecule has 0 saturated heterocycles. The largest absolute Gasteiger partial charge is 0.289 e. The summed E-state index contributed by atoms with van der Waals surface area (Å²) < 4.78 is 0. The highest BCUT2D eigenvalue weighted by atomic mass is 35.5. The van der Waals surface area contributed by atoms with E-state index in [0.717, 1.165) is 27.5 Å². The number of aryl methyl sites for hydroxylation is 2. The molecule has 0 aliphatic rings. The van der Waals surface area contributed by atoms with Crippen LogP contribution in [0.5, 0.6) is 0 Å².